The molecule has 384 valence electrons. The highest BCUT2D eigenvalue weighted by atomic mass is 32.3. The quantitative estimate of drug-likeness (QED) is 0.0197. The number of unbranched alkanes of at least 4 members (excludes halogenated alkanes) is 22. The van der Waals surface area contributed by atoms with Crippen molar-refractivity contribution in [2.45, 2.75) is 243 Å². The Morgan fingerprint density at radius 2 is 1.05 bits per heavy atom. The van der Waals surface area contributed by atoms with Gasteiger partial charge in [-0.15, -0.1) is 0 Å². The molecule has 1 aliphatic heterocycles. The molecule has 4 N–H and O–H groups in total. The van der Waals surface area contributed by atoms with Crippen LogP contribution >= 0.6 is 0 Å². The van der Waals surface area contributed by atoms with Gasteiger partial charge in [0, 0.05) is 13.0 Å². The average Bonchev–Trinajstić information content (AvgIpc) is 3.29. The van der Waals surface area contributed by atoms with Crippen LogP contribution in [0.15, 0.2) is 60.8 Å². The molecule has 0 aromatic carbocycles. The molecule has 0 radical (unpaired) electrons. The number of aliphatic hydroxyl groups is 3. The van der Waals surface area contributed by atoms with E-state index in [1.54, 1.807) is 0 Å². The van der Waals surface area contributed by atoms with Crippen LogP contribution in [0.3, 0.4) is 0 Å². The molecule has 0 spiro atoms. The Balaban J connectivity index is 2.37. The highest BCUT2D eigenvalue weighted by molar-refractivity contribution is 7.80. The van der Waals surface area contributed by atoms with Crippen LogP contribution < -0.4 is 0 Å². The summed E-state index contributed by atoms with van der Waals surface area (Å²) in [6.45, 7) is 3.87. The average molecular weight is 955 g/mol. The van der Waals surface area contributed by atoms with E-state index in [0.29, 0.717) is 13.0 Å². The monoisotopic (exact) mass is 955 g/mol. The van der Waals surface area contributed by atoms with Crippen LogP contribution in [-0.4, -0.2) is 97.5 Å². The first-order chi connectivity index (χ1) is 32.1. The molecule has 0 aromatic heterocycles. The molecule has 1 saturated heterocycles. The maximum absolute atomic E-state index is 12.9. The maximum atomic E-state index is 12.9. The number of hydrogen-bond acceptors (Lipinski definition) is 11. The summed E-state index contributed by atoms with van der Waals surface area (Å²) < 4.78 is 59.3. The Kier molecular flexibility index (Phi) is 41.2. The van der Waals surface area contributed by atoms with E-state index in [2.05, 4.69) is 78.8 Å². The number of esters is 1. The van der Waals surface area contributed by atoms with Gasteiger partial charge < -0.3 is 34.3 Å². The Bertz CT molecular complexity index is 1380. The molecule has 0 bridgehead atoms. The lowest BCUT2D eigenvalue weighted by molar-refractivity contribution is -0.301. The van der Waals surface area contributed by atoms with Crippen LogP contribution in [0.5, 0.6) is 0 Å². The van der Waals surface area contributed by atoms with Crippen molar-refractivity contribution in [1.29, 1.82) is 0 Å². The molecule has 1 aliphatic rings. The number of allylic oxidation sites excluding steroid dienone is 10. The number of carbonyl (C=O) groups excluding carboxylic acids is 1. The highest BCUT2D eigenvalue weighted by Crippen LogP contribution is 2.26. The number of ether oxygens (including phenoxy) is 4. The molecule has 6 atom stereocenters. The second kappa shape index (κ2) is 44.0. The van der Waals surface area contributed by atoms with E-state index in [4.69, 9.17) is 18.9 Å². The van der Waals surface area contributed by atoms with Crippen molar-refractivity contribution in [3.63, 3.8) is 0 Å². The molecular formula is C53H94O12S. The molecule has 12 nitrogen and oxygen atoms in total. The first-order valence-corrected chi connectivity index (χ1v) is 27.4. The number of carbonyl (C=O) groups is 1. The van der Waals surface area contributed by atoms with Gasteiger partial charge in [0.05, 0.1) is 19.8 Å². The van der Waals surface area contributed by atoms with Crippen molar-refractivity contribution in [1.82, 2.24) is 0 Å². The molecule has 0 saturated carbocycles. The van der Waals surface area contributed by atoms with E-state index >= 15 is 0 Å². The minimum Gasteiger partial charge on any atom is -0.457 e. The zero-order valence-corrected chi connectivity index (χ0v) is 42.1. The van der Waals surface area contributed by atoms with Gasteiger partial charge >= 0.3 is 16.4 Å². The maximum Gasteiger partial charge on any atom is 0.397 e. The third-order valence-corrected chi connectivity index (χ3v) is 12.1. The fraction of sp³-hybridized carbons (Fsp3) is 0.792. The fourth-order valence-electron chi connectivity index (χ4n) is 7.72. The van der Waals surface area contributed by atoms with Crippen LogP contribution in [-0.2, 0) is 38.3 Å². The van der Waals surface area contributed by atoms with Crippen LogP contribution in [0.1, 0.15) is 206 Å². The van der Waals surface area contributed by atoms with Crippen molar-refractivity contribution >= 4 is 16.4 Å². The fourth-order valence-corrected chi connectivity index (χ4v) is 8.23. The molecule has 13 heteroatoms. The largest absolute Gasteiger partial charge is 0.457 e. The van der Waals surface area contributed by atoms with E-state index in [1.807, 2.05) is 0 Å². The van der Waals surface area contributed by atoms with Gasteiger partial charge in [-0.2, -0.15) is 8.42 Å². The summed E-state index contributed by atoms with van der Waals surface area (Å²) in [5, 5.41) is 30.8. The van der Waals surface area contributed by atoms with Crippen molar-refractivity contribution in [2.24, 2.45) is 0 Å². The van der Waals surface area contributed by atoms with Gasteiger partial charge in [-0.1, -0.05) is 184 Å². The smallest absolute Gasteiger partial charge is 0.397 e. The third kappa shape index (κ3) is 36.8. The topological polar surface area (TPSA) is 178 Å². The van der Waals surface area contributed by atoms with Gasteiger partial charge in [-0.3, -0.25) is 9.35 Å². The van der Waals surface area contributed by atoms with Crippen molar-refractivity contribution in [3.8, 4) is 0 Å². The summed E-state index contributed by atoms with van der Waals surface area (Å²) in [4.78, 5) is 12.9. The molecule has 66 heavy (non-hydrogen) atoms. The van der Waals surface area contributed by atoms with Crippen LogP contribution in [0.4, 0.5) is 0 Å². The van der Waals surface area contributed by atoms with Gasteiger partial charge in [0.25, 0.3) is 0 Å². The van der Waals surface area contributed by atoms with E-state index in [-0.39, 0.29) is 19.6 Å². The number of aliphatic hydroxyl groups excluding tert-OH is 3. The van der Waals surface area contributed by atoms with Crippen LogP contribution in [0.2, 0.25) is 0 Å². The molecule has 1 heterocycles. The van der Waals surface area contributed by atoms with Gasteiger partial charge in [0.1, 0.15) is 30.5 Å². The highest BCUT2D eigenvalue weighted by Gasteiger charge is 2.48. The van der Waals surface area contributed by atoms with E-state index in [0.717, 1.165) is 70.6 Å². The summed E-state index contributed by atoms with van der Waals surface area (Å²) in [7, 11) is -5.07. The lowest BCUT2D eigenvalue weighted by atomic mass is 9.99. The Morgan fingerprint density at radius 3 is 1.55 bits per heavy atom. The van der Waals surface area contributed by atoms with Crippen molar-refractivity contribution in [3.05, 3.63) is 60.8 Å². The lowest BCUT2D eigenvalue weighted by Crippen LogP contribution is -2.60. The van der Waals surface area contributed by atoms with Crippen molar-refractivity contribution in [2.75, 3.05) is 26.4 Å². The first kappa shape index (κ1) is 61.8. The van der Waals surface area contributed by atoms with Crippen molar-refractivity contribution < 1.29 is 56.2 Å². The standard InChI is InChI=1S/C53H94O12S/c1-3-5-7-9-11-13-15-17-19-21-23-24-25-26-28-30-32-34-36-38-40-42-49(55)63-47(46-62-53-51(57)52(65-66(58,59)60)50(56)48(44-54)64-53)45-61-43-41-39-37-35-33-31-29-27-22-20-18-16-14-12-10-8-6-4-2/h5,7,11,13,17-20,23-24,47-48,50-54,56-57H,3-4,6,8-10,12,14-16,21-22,25-46H2,1-2H3,(H,58,59,60)/b7-5-,13-11-,19-17-,20-18-,24-23-. The summed E-state index contributed by atoms with van der Waals surface area (Å²) in [5.41, 5.74) is 0. The minimum atomic E-state index is -5.07. The second-order valence-electron chi connectivity index (χ2n) is 17.7. The van der Waals surface area contributed by atoms with E-state index in [1.165, 1.54) is 109 Å². The Labute approximate surface area is 401 Å². The van der Waals surface area contributed by atoms with Gasteiger partial charge in [-0.25, -0.2) is 4.18 Å². The van der Waals surface area contributed by atoms with Gasteiger partial charge in [0.15, 0.2) is 6.29 Å². The molecule has 6 unspecified atom stereocenters. The van der Waals surface area contributed by atoms with Crippen LogP contribution in [0, 0.1) is 0 Å². The molecule has 1 rings (SSSR count). The molecule has 0 aliphatic carbocycles. The summed E-state index contributed by atoms with van der Waals surface area (Å²) in [5.74, 6) is -0.409. The lowest BCUT2D eigenvalue weighted by Gasteiger charge is -2.41. The summed E-state index contributed by atoms with van der Waals surface area (Å²) >= 11 is 0. The SMILES string of the molecule is CC/C=C\C/C=C\C/C=C\C/C=C\CCCCCCCCCCC(=O)OC(COCCCCCCCCCC/C=C\CCCCCCCC)COC1OC(CO)C(O)C(OS(=O)(=O)O)C1O. The second-order valence-corrected chi connectivity index (χ2v) is 18.8. The summed E-state index contributed by atoms with van der Waals surface area (Å²) in [6.07, 6.45) is 46.7. The predicted molar refractivity (Wildman–Crippen MR) is 266 cm³/mol. The zero-order valence-electron chi connectivity index (χ0n) is 41.2. The van der Waals surface area contributed by atoms with Crippen LogP contribution in [0.25, 0.3) is 0 Å². The Hall–Kier alpha value is -2.20. The zero-order chi connectivity index (χ0) is 48.2. The summed E-state index contributed by atoms with van der Waals surface area (Å²) in [6, 6.07) is 0. The van der Waals surface area contributed by atoms with E-state index in [9.17, 15) is 33.1 Å². The van der Waals surface area contributed by atoms with E-state index < -0.39 is 59.8 Å². The van der Waals surface area contributed by atoms with Gasteiger partial charge in [-0.05, 0) is 77.0 Å². The number of rotatable bonds is 45. The Morgan fingerprint density at radius 1 is 0.591 bits per heavy atom. The minimum absolute atomic E-state index is 0.0290. The normalized spacial score (nSPS) is 20.0. The molecule has 0 amide bonds. The predicted octanol–water partition coefficient (Wildman–Crippen LogP) is 12.1. The number of hydrogen-bond donors (Lipinski definition) is 4. The molecule has 1 fully saturated rings. The first-order valence-electron chi connectivity index (χ1n) is 26.0. The third-order valence-electron chi connectivity index (χ3n) is 11.6. The van der Waals surface area contributed by atoms with Gasteiger partial charge in [0.2, 0.25) is 0 Å². The molecule has 0 aromatic rings. The molecular weight excluding hydrogens is 861 g/mol.